The fourth-order valence-electron chi connectivity index (χ4n) is 1.46. The molecule has 2 nitrogen and oxygen atoms in total. The number of benzene rings is 1. The van der Waals surface area contributed by atoms with Crippen molar-refractivity contribution < 1.29 is 35.9 Å². The molecule has 0 heterocycles. The number of methoxy groups -OCH3 is 1. The van der Waals surface area contributed by atoms with Gasteiger partial charge in [-0.2, -0.15) is 26.3 Å². The molecule has 0 bridgehead atoms. The molecule has 0 fully saturated rings. The molecule has 0 aliphatic rings. The monoisotopic (exact) mass is 298 g/mol. The van der Waals surface area contributed by atoms with Gasteiger partial charge in [0, 0.05) is 6.08 Å². The molecule has 0 saturated heterocycles. The molecule has 0 saturated carbocycles. The van der Waals surface area contributed by atoms with Gasteiger partial charge in [0.15, 0.2) is 0 Å². The molecule has 0 amide bonds. The molecule has 8 heteroatoms. The van der Waals surface area contributed by atoms with Crippen LogP contribution in [0.15, 0.2) is 24.3 Å². The summed E-state index contributed by atoms with van der Waals surface area (Å²) in [6.45, 7) is 0. The van der Waals surface area contributed by atoms with Crippen molar-refractivity contribution in [3.63, 3.8) is 0 Å². The van der Waals surface area contributed by atoms with Crippen LogP contribution in [0.2, 0.25) is 0 Å². The molecular formula is C12H8F6O2. The van der Waals surface area contributed by atoms with Gasteiger partial charge in [-0.3, -0.25) is 0 Å². The number of hydrogen-bond donors (Lipinski definition) is 0. The molecule has 0 radical (unpaired) electrons. The third kappa shape index (κ3) is 3.75. The molecular weight excluding hydrogens is 290 g/mol. The summed E-state index contributed by atoms with van der Waals surface area (Å²) in [6.07, 6.45) is -9.01. The van der Waals surface area contributed by atoms with Crippen molar-refractivity contribution >= 4 is 12.0 Å². The van der Waals surface area contributed by atoms with Crippen molar-refractivity contribution in [3.05, 3.63) is 41.0 Å². The Balaban J connectivity index is 3.49. The van der Waals surface area contributed by atoms with Crippen molar-refractivity contribution in [2.24, 2.45) is 0 Å². The van der Waals surface area contributed by atoms with Gasteiger partial charge in [0.05, 0.1) is 18.2 Å². The second kappa shape index (κ2) is 5.56. The Morgan fingerprint density at radius 3 is 1.85 bits per heavy atom. The summed E-state index contributed by atoms with van der Waals surface area (Å²) < 4.78 is 80.4. The number of esters is 1. The first-order valence-electron chi connectivity index (χ1n) is 5.11. The zero-order chi connectivity index (χ0) is 15.6. The molecule has 0 atom stereocenters. The summed E-state index contributed by atoms with van der Waals surface area (Å²) in [7, 11) is 0.951. The van der Waals surface area contributed by atoms with Crippen molar-refractivity contribution in [1.82, 2.24) is 0 Å². The lowest BCUT2D eigenvalue weighted by atomic mass is 9.99. The molecule has 20 heavy (non-hydrogen) atoms. The van der Waals surface area contributed by atoms with Gasteiger partial charge in [-0.15, -0.1) is 0 Å². The fraction of sp³-hybridized carbons (Fsp3) is 0.250. The zero-order valence-electron chi connectivity index (χ0n) is 9.97. The van der Waals surface area contributed by atoms with Gasteiger partial charge < -0.3 is 4.74 Å². The Hall–Kier alpha value is -1.99. The fourth-order valence-corrected chi connectivity index (χ4v) is 1.46. The highest BCUT2D eigenvalue weighted by Gasteiger charge is 2.39. The van der Waals surface area contributed by atoms with Crippen LogP contribution in [0.1, 0.15) is 16.7 Å². The molecule has 0 aliphatic carbocycles. The quantitative estimate of drug-likeness (QED) is 0.470. The van der Waals surface area contributed by atoms with Crippen LogP contribution in [-0.4, -0.2) is 13.1 Å². The van der Waals surface area contributed by atoms with Crippen LogP contribution in [0.5, 0.6) is 0 Å². The summed E-state index contributed by atoms with van der Waals surface area (Å²) in [5.41, 5.74) is -4.09. The maximum atomic E-state index is 12.7. The van der Waals surface area contributed by atoms with E-state index in [2.05, 4.69) is 4.74 Å². The van der Waals surface area contributed by atoms with Crippen LogP contribution >= 0.6 is 0 Å². The van der Waals surface area contributed by atoms with Crippen molar-refractivity contribution in [2.75, 3.05) is 7.11 Å². The van der Waals surface area contributed by atoms with Gasteiger partial charge in [0.2, 0.25) is 0 Å². The highest BCUT2D eigenvalue weighted by molar-refractivity contribution is 5.87. The number of ether oxygens (including phenoxy) is 1. The minimum atomic E-state index is -4.98. The molecule has 1 aromatic carbocycles. The second-order valence-electron chi connectivity index (χ2n) is 3.62. The average Bonchev–Trinajstić information content (AvgIpc) is 2.33. The number of hydrogen-bond acceptors (Lipinski definition) is 2. The van der Waals surface area contributed by atoms with Crippen LogP contribution in [0.25, 0.3) is 6.08 Å². The number of halogens is 6. The summed E-state index contributed by atoms with van der Waals surface area (Å²) >= 11 is 0. The Morgan fingerprint density at radius 2 is 1.50 bits per heavy atom. The smallest absolute Gasteiger partial charge is 0.417 e. The topological polar surface area (TPSA) is 26.3 Å². The van der Waals surface area contributed by atoms with E-state index in [9.17, 15) is 31.1 Å². The average molecular weight is 298 g/mol. The van der Waals surface area contributed by atoms with Crippen LogP contribution < -0.4 is 0 Å². The lowest BCUT2D eigenvalue weighted by Gasteiger charge is -2.16. The van der Waals surface area contributed by atoms with Crippen LogP contribution in [-0.2, 0) is 21.9 Å². The van der Waals surface area contributed by atoms with Crippen LogP contribution in [0.3, 0.4) is 0 Å². The third-order valence-electron chi connectivity index (χ3n) is 2.30. The molecule has 110 valence electrons. The highest BCUT2D eigenvalue weighted by atomic mass is 19.4. The lowest BCUT2D eigenvalue weighted by molar-refractivity contribution is -0.143. The zero-order valence-corrected chi connectivity index (χ0v) is 9.97. The molecule has 1 aromatic rings. The van der Waals surface area contributed by atoms with Crippen LogP contribution in [0, 0.1) is 0 Å². The number of carbonyl (C=O) groups excluding carboxylic acids is 1. The van der Waals surface area contributed by atoms with Crippen LogP contribution in [0.4, 0.5) is 26.3 Å². The maximum absolute atomic E-state index is 12.7. The maximum Gasteiger partial charge on any atom is 0.417 e. The van der Waals surface area contributed by atoms with Gasteiger partial charge in [-0.25, -0.2) is 4.79 Å². The first-order chi connectivity index (χ1) is 9.07. The summed E-state index contributed by atoms with van der Waals surface area (Å²) in [6, 6.07) is 1.67. The van der Waals surface area contributed by atoms with Crippen molar-refractivity contribution in [2.45, 2.75) is 12.4 Å². The Bertz CT molecular complexity index is 495. The molecule has 1 rings (SSSR count). The van der Waals surface area contributed by atoms with E-state index in [4.69, 9.17) is 0 Å². The van der Waals surface area contributed by atoms with E-state index in [1.165, 1.54) is 0 Å². The van der Waals surface area contributed by atoms with Gasteiger partial charge in [0.1, 0.15) is 0 Å². The van der Waals surface area contributed by atoms with Crippen molar-refractivity contribution in [1.29, 1.82) is 0 Å². The first kappa shape index (κ1) is 16.1. The molecule has 0 aromatic heterocycles. The van der Waals surface area contributed by atoms with Gasteiger partial charge >= 0.3 is 18.3 Å². The first-order valence-corrected chi connectivity index (χ1v) is 5.11. The minimum absolute atomic E-state index is 0.442. The van der Waals surface area contributed by atoms with Gasteiger partial charge in [-0.05, 0) is 23.8 Å². The largest absolute Gasteiger partial charge is 0.466 e. The van der Waals surface area contributed by atoms with E-state index in [0.29, 0.717) is 30.4 Å². The molecule has 0 spiro atoms. The van der Waals surface area contributed by atoms with Crippen molar-refractivity contribution in [3.8, 4) is 0 Å². The van der Waals surface area contributed by atoms with E-state index in [1.807, 2.05) is 0 Å². The van der Waals surface area contributed by atoms with Gasteiger partial charge in [-0.1, -0.05) is 6.07 Å². The Labute approximate surface area is 109 Å². The Kier molecular flexibility index (Phi) is 4.46. The molecule has 0 aliphatic heterocycles. The second-order valence-corrected chi connectivity index (χ2v) is 3.62. The number of carbonyl (C=O) groups is 1. The summed E-state index contributed by atoms with van der Waals surface area (Å²) in [5, 5.41) is 0. The third-order valence-corrected chi connectivity index (χ3v) is 2.30. The molecule has 0 N–H and O–H groups in total. The number of rotatable bonds is 2. The molecule has 0 unspecified atom stereocenters. The lowest BCUT2D eigenvalue weighted by Crippen LogP contribution is -2.14. The standard InChI is InChI=1S/C12H8F6O2/c1-20-10(19)6-5-7-8(11(13,14)15)3-2-4-9(7)12(16,17)18/h2-6H,1H3. The van der Waals surface area contributed by atoms with E-state index in [0.717, 1.165) is 7.11 Å². The summed E-state index contributed by atoms with van der Waals surface area (Å²) in [5.74, 6) is -1.06. The SMILES string of the molecule is COC(=O)C=Cc1c(C(F)(F)F)cccc1C(F)(F)F. The minimum Gasteiger partial charge on any atom is -0.466 e. The predicted molar refractivity (Wildman–Crippen MR) is 57.5 cm³/mol. The highest BCUT2D eigenvalue weighted by Crippen LogP contribution is 2.39. The van der Waals surface area contributed by atoms with E-state index >= 15 is 0 Å². The predicted octanol–water partition coefficient (Wildman–Crippen LogP) is 3.91. The normalized spacial score (nSPS) is 12.8. The summed E-state index contributed by atoms with van der Waals surface area (Å²) in [4.78, 5) is 10.8. The Morgan fingerprint density at radius 1 is 1.05 bits per heavy atom. The van der Waals surface area contributed by atoms with E-state index < -0.39 is 35.0 Å². The van der Waals surface area contributed by atoms with E-state index in [1.54, 1.807) is 0 Å². The number of alkyl halides is 6. The van der Waals surface area contributed by atoms with E-state index in [-0.39, 0.29) is 0 Å². The van der Waals surface area contributed by atoms with Gasteiger partial charge in [0.25, 0.3) is 0 Å².